The van der Waals surface area contributed by atoms with Crippen LogP contribution in [-0.2, 0) is 6.61 Å². The zero-order chi connectivity index (χ0) is 11.7. The summed E-state index contributed by atoms with van der Waals surface area (Å²) in [6.07, 6.45) is 0. The molecule has 2 aromatic rings. The van der Waals surface area contributed by atoms with Crippen molar-refractivity contribution in [2.24, 2.45) is 0 Å². The molecule has 1 N–H and O–H groups in total. The highest BCUT2D eigenvalue weighted by atomic mass is 16.3. The lowest BCUT2D eigenvalue weighted by molar-refractivity contribution is 0.280. The molecule has 5 nitrogen and oxygen atoms in total. The predicted molar refractivity (Wildman–Crippen MR) is 59.3 cm³/mol. The second-order valence-electron chi connectivity index (χ2n) is 3.69. The van der Waals surface area contributed by atoms with Crippen molar-refractivity contribution in [2.45, 2.75) is 27.4 Å². The van der Waals surface area contributed by atoms with Crippen LogP contribution in [0.2, 0.25) is 0 Å². The van der Waals surface area contributed by atoms with E-state index in [1.807, 2.05) is 32.9 Å². The average molecular weight is 218 g/mol. The van der Waals surface area contributed by atoms with Crippen molar-refractivity contribution in [2.75, 3.05) is 0 Å². The number of hydrogen-bond donors (Lipinski definition) is 1. The third-order valence-electron chi connectivity index (χ3n) is 2.44. The maximum atomic E-state index is 9.06. The zero-order valence-corrected chi connectivity index (χ0v) is 9.60. The Morgan fingerprint density at radius 1 is 1.19 bits per heavy atom. The normalized spacial score (nSPS) is 10.8. The molecule has 0 aromatic carbocycles. The lowest BCUT2D eigenvalue weighted by Gasteiger charge is -2.06. The molecule has 2 aromatic heterocycles. The fourth-order valence-corrected chi connectivity index (χ4v) is 1.60. The monoisotopic (exact) mass is 218 g/mol. The minimum atomic E-state index is 0.00841. The number of pyridine rings is 1. The summed E-state index contributed by atoms with van der Waals surface area (Å²) < 4.78 is 1.70. The first-order valence-corrected chi connectivity index (χ1v) is 5.10. The van der Waals surface area contributed by atoms with Gasteiger partial charge in [0, 0.05) is 5.69 Å². The quantitative estimate of drug-likeness (QED) is 0.819. The molecule has 84 valence electrons. The van der Waals surface area contributed by atoms with E-state index >= 15 is 0 Å². The molecule has 0 spiro atoms. The fourth-order valence-electron chi connectivity index (χ4n) is 1.60. The summed E-state index contributed by atoms with van der Waals surface area (Å²) >= 11 is 0. The van der Waals surface area contributed by atoms with Crippen molar-refractivity contribution in [3.63, 3.8) is 0 Å². The van der Waals surface area contributed by atoms with Crippen molar-refractivity contribution in [1.29, 1.82) is 0 Å². The molecule has 16 heavy (non-hydrogen) atoms. The lowest BCUT2D eigenvalue weighted by atomic mass is 10.2. The first kappa shape index (κ1) is 10.8. The maximum Gasteiger partial charge on any atom is 0.155 e. The molecule has 0 atom stereocenters. The second kappa shape index (κ2) is 4.02. The Balaban J connectivity index is 2.49. The first-order valence-electron chi connectivity index (χ1n) is 5.10. The Kier molecular flexibility index (Phi) is 2.70. The molecule has 0 amide bonds. The molecule has 5 heteroatoms. The predicted octanol–water partition coefficient (Wildman–Crippen LogP) is 1.08. The van der Waals surface area contributed by atoms with Gasteiger partial charge in [-0.3, -0.25) is 0 Å². The SMILES string of the molecule is Cc1nc(C)n(-c2ccc(CO)c(C)n2)n1. The minimum absolute atomic E-state index is 0.00841. The van der Waals surface area contributed by atoms with E-state index < -0.39 is 0 Å². The van der Waals surface area contributed by atoms with Crippen LogP contribution in [0.25, 0.3) is 5.82 Å². The zero-order valence-electron chi connectivity index (χ0n) is 9.60. The van der Waals surface area contributed by atoms with E-state index in [1.165, 1.54) is 0 Å². The summed E-state index contributed by atoms with van der Waals surface area (Å²) in [5.41, 5.74) is 1.64. The summed E-state index contributed by atoms with van der Waals surface area (Å²) in [7, 11) is 0. The third-order valence-corrected chi connectivity index (χ3v) is 2.44. The minimum Gasteiger partial charge on any atom is -0.392 e. The molecular formula is C11H14N4O. The van der Waals surface area contributed by atoms with Crippen molar-refractivity contribution in [3.05, 3.63) is 35.0 Å². The largest absolute Gasteiger partial charge is 0.392 e. The second-order valence-corrected chi connectivity index (χ2v) is 3.69. The Morgan fingerprint density at radius 2 is 1.94 bits per heavy atom. The van der Waals surface area contributed by atoms with E-state index in [2.05, 4.69) is 15.1 Å². The smallest absolute Gasteiger partial charge is 0.155 e. The van der Waals surface area contributed by atoms with Crippen LogP contribution in [0.15, 0.2) is 12.1 Å². The van der Waals surface area contributed by atoms with Gasteiger partial charge < -0.3 is 5.11 Å². The first-order chi connectivity index (χ1) is 7.61. The van der Waals surface area contributed by atoms with Gasteiger partial charge in [-0.25, -0.2) is 9.97 Å². The van der Waals surface area contributed by atoms with E-state index in [1.54, 1.807) is 4.68 Å². The van der Waals surface area contributed by atoms with Crippen LogP contribution >= 0.6 is 0 Å². The highest BCUT2D eigenvalue weighted by molar-refractivity contribution is 5.29. The van der Waals surface area contributed by atoms with E-state index in [0.717, 1.165) is 28.7 Å². The number of nitrogens with zero attached hydrogens (tertiary/aromatic N) is 4. The molecule has 0 saturated carbocycles. The van der Waals surface area contributed by atoms with Gasteiger partial charge in [0.05, 0.1) is 6.61 Å². The summed E-state index contributed by atoms with van der Waals surface area (Å²) in [5.74, 6) is 2.26. The highest BCUT2D eigenvalue weighted by Crippen LogP contribution is 2.11. The summed E-state index contributed by atoms with van der Waals surface area (Å²) in [4.78, 5) is 8.61. The van der Waals surface area contributed by atoms with Gasteiger partial charge in [0.25, 0.3) is 0 Å². The van der Waals surface area contributed by atoms with Crippen molar-refractivity contribution >= 4 is 0 Å². The summed E-state index contributed by atoms with van der Waals surface area (Å²) in [5, 5.41) is 13.3. The highest BCUT2D eigenvalue weighted by Gasteiger charge is 2.07. The van der Waals surface area contributed by atoms with Crippen molar-refractivity contribution in [1.82, 2.24) is 19.7 Å². The molecule has 2 rings (SSSR count). The number of aliphatic hydroxyl groups is 1. The van der Waals surface area contributed by atoms with Gasteiger partial charge in [-0.2, -0.15) is 4.68 Å². The number of rotatable bonds is 2. The van der Waals surface area contributed by atoms with Gasteiger partial charge in [-0.05, 0) is 32.4 Å². The summed E-state index contributed by atoms with van der Waals surface area (Å²) in [6.45, 7) is 5.61. The van der Waals surface area contributed by atoms with Crippen LogP contribution in [0.5, 0.6) is 0 Å². The van der Waals surface area contributed by atoms with Gasteiger partial charge in [0.1, 0.15) is 11.6 Å². The number of aryl methyl sites for hydroxylation is 3. The molecular weight excluding hydrogens is 204 g/mol. The molecule has 0 radical (unpaired) electrons. The Morgan fingerprint density at radius 3 is 2.44 bits per heavy atom. The Hall–Kier alpha value is -1.75. The molecule has 0 unspecified atom stereocenters. The van der Waals surface area contributed by atoms with Crippen LogP contribution in [0.4, 0.5) is 0 Å². The summed E-state index contributed by atoms with van der Waals surface area (Å²) in [6, 6.07) is 3.69. The van der Waals surface area contributed by atoms with E-state index in [-0.39, 0.29) is 6.61 Å². The van der Waals surface area contributed by atoms with Gasteiger partial charge in [0.15, 0.2) is 5.82 Å². The van der Waals surface area contributed by atoms with Gasteiger partial charge in [-0.15, -0.1) is 5.10 Å². The topological polar surface area (TPSA) is 63.8 Å². The van der Waals surface area contributed by atoms with Gasteiger partial charge >= 0.3 is 0 Å². The van der Waals surface area contributed by atoms with Crippen molar-refractivity contribution in [3.8, 4) is 5.82 Å². The lowest BCUT2D eigenvalue weighted by Crippen LogP contribution is -2.04. The average Bonchev–Trinajstić information content (AvgIpc) is 2.58. The molecule has 2 heterocycles. The van der Waals surface area contributed by atoms with Crippen LogP contribution < -0.4 is 0 Å². The third kappa shape index (κ3) is 1.81. The molecule has 0 aliphatic carbocycles. The maximum absolute atomic E-state index is 9.06. The standard InChI is InChI=1S/C11H14N4O/c1-7-10(6-16)4-5-11(12-7)15-9(3)13-8(2)14-15/h4-5,16H,6H2,1-3H3. The van der Waals surface area contributed by atoms with Crippen LogP contribution in [0.3, 0.4) is 0 Å². The number of aliphatic hydroxyl groups excluding tert-OH is 1. The van der Waals surface area contributed by atoms with Gasteiger partial charge in [0.2, 0.25) is 0 Å². The van der Waals surface area contributed by atoms with Crippen LogP contribution in [0, 0.1) is 20.8 Å². The molecule has 0 fully saturated rings. The fraction of sp³-hybridized carbons (Fsp3) is 0.364. The number of aromatic nitrogens is 4. The van der Waals surface area contributed by atoms with E-state index in [0.29, 0.717) is 0 Å². The van der Waals surface area contributed by atoms with Crippen molar-refractivity contribution < 1.29 is 5.11 Å². The number of hydrogen-bond acceptors (Lipinski definition) is 4. The Labute approximate surface area is 93.8 Å². The molecule has 0 bridgehead atoms. The van der Waals surface area contributed by atoms with E-state index in [9.17, 15) is 0 Å². The van der Waals surface area contributed by atoms with Crippen LogP contribution in [0.1, 0.15) is 22.9 Å². The van der Waals surface area contributed by atoms with Crippen LogP contribution in [-0.4, -0.2) is 24.9 Å². The molecule has 0 saturated heterocycles. The molecule has 0 aliphatic heterocycles. The molecule has 0 aliphatic rings. The van der Waals surface area contributed by atoms with E-state index in [4.69, 9.17) is 5.11 Å². The Bertz CT molecular complexity index is 519. The van der Waals surface area contributed by atoms with Gasteiger partial charge in [-0.1, -0.05) is 6.07 Å².